The first-order valence-electron chi connectivity index (χ1n) is 4.94. The fourth-order valence-corrected chi connectivity index (χ4v) is 1.00. The second-order valence-corrected chi connectivity index (χ2v) is 3.37. The summed E-state index contributed by atoms with van der Waals surface area (Å²) in [6.45, 7) is 3.76. The van der Waals surface area contributed by atoms with Crippen LogP contribution >= 0.6 is 15.9 Å². The maximum absolute atomic E-state index is 10.8. The third-order valence-corrected chi connectivity index (χ3v) is 2.07. The van der Waals surface area contributed by atoms with Crippen LogP contribution in [0.3, 0.4) is 0 Å². The molecule has 0 heterocycles. The molecule has 2 N–H and O–H groups in total. The zero-order valence-electron chi connectivity index (χ0n) is 9.05. The van der Waals surface area contributed by atoms with Crippen molar-refractivity contribution in [2.75, 3.05) is 51.9 Å². The van der Waals surface area contributed by atoms with E-state index in [1.54, 1.807) is 0 Å². The van der Waals surface area contributed by atoms with Gasteiger partial charge in [0, 0.05) is 13.1 Å². The topological polar surface area (TPSA) is 59.6 Å². The van der Waals surface area contributed by atoms with Gasteiger partial charge in [-0.05, 0) is 7.05 Å². The predicted molar refractivity (Wildman–Crippen MR) is 62.4 cm³/mol. The molecule has 0 saturated carbocycles. The lowest BCUT2D eigenvalue weighted by Crippen LogP contribution is -2.28. The number of halogens is 1. The molecule has 90 valence electrons. The predicted octanol–water partition coefficient (Wildman–Crippen LogP) is -0.250. The number of rotatable bonds is 10. The highest BCUT2D eigenvalue weighted by atomic mass is 79.9. The average Bonchev–Trinajstić information content (AvgIpc) is 2.26. The van der Waals surface area contributed by atoms with Crippen molar-refractivity contribution in [1.82, 2.24) is 10.6 Å². The molecule has 0 aromatic rings. The summed E-state index contributed by atoms with van der Waals surface area (Å²) in [5.41, 5.74) is 0. The van der Waals surface area contributed by atoms with E-state index in [4.69, 9.17) is 9.47 Å². The SMILES string of the molecule is CNCCOCCOCCNC(=O)CBr. The van der Waals surface area contributed by atoms with Crippen molar-refractivity contribution in [3.8, 4) is 0 Å². The van der Waals surface area contributed by atoms with Gasteiger partial charge in [-0.25, -0.2) is 0 Å². The number of carbonyl (C=O) groups excluding carboxylic acids is 1. The Morgan fingerprint density at radius 2 is 1.73 bits per heavy atom. The number of hydrogen-bond donors (Lipinski definition) is 2. The Morgan fingerprint density at radius 3 is 2.27 bits per heavy atom. The van der Waals surface area contributed by atoms with E-state index in [0.717, 1.165) is 6.54 Å². The fraction of sp³-hybridized carbons (Fsp3) is 0.889. The van der Waals surface area contributed by atoms with Gasteiger partial charge in [-0.2, -0.15) is 0 Å². The van der Waals surface area contributed by atoms with Gasteiger partial charge in [0.05, 0.1) is 31.8 Å². The molecule has 6 heteroatoms. The van der Waals surface area contributed by atoms with Crippen LogP contribution in [-0.4, -0.2) is 57.8 Å². The van der Waals surface area contributed by atoms with E-state index < -0.39 is 0 Å². The highest BCUT2D eigenvalue weighted by Crippen LogP contribution is 1.80. The van der Waals surface area contributed by atoms with Crippen LogP contribution in [0.15, 0.2) is 0 Å². The normalized spacial score (nSPS) is 10.3. The molecule has 0 aromatic carbocycles. The summed E-state index contributed by atoms with van der Waals surface area (Å²) >= 11 is 3.05. The summed E-state index contributed by atoms with van der Waals surface area (Å²) in [6.07, 6.45) is 0. The zero-order valence-corrected chi connectivity index (χ0v) is 10.6. The van der Waals surface area contributed by atoms with Crippen LogP contribution in [0.4, 0.5) is 0 Å². The van der Waals surface area contributed by atoms with Gasteiger partial charge in [0.1, 0.15) is 0 Å². The van der Waals surface area contributed by atoms with Crippen LogP contribution in [0.25, 0.3) is 0 Å². The summed E-state index contributed by atoms with van der Waals surface area (Å²) in [5.74, 6) is -0.0242. The van der Waals surface area contributed by atoms with Gasteiger partial charge in [-0.1, -0.05) is 15.9 Å². The smallest absolute Gasteiger partial charge is 0.230 e. The Bertz CT molecular complexity index is 158. The number of amides is 1. The van der Waals surface area contributed by atoms with Crippen LogP contribution in [0, 0.1) is 0 Å². The second kappa shape index (κ2) is 11.9. The van der Waals surface area contributed by atoms with Crippen molar-refractivity contribution < 1.29 is 14.3 Å². The van der Waals surface area contributed by atoms with Crippen molar-refractivity contribution in [3.63, 3.8) is 0 Å². The van der Waals surface area contributed by atoms with Crippen LogP contribution in [0.2, 0.25) is 0 Å². The van der Waals surface area contributed by atoms with Gasteiger partial charge < -0.3 is 20.1 Å². The number of alkyl halides is 1. The molecule has 15 heavy (non-hydrogen) atoms. The minimum Gasteiger partial charge on any atom is -0.378 e. The maximum atomic E-state index is 10.8. The Kier molecular flexibility index (Phi) is 11.8. The molecule has 0 saturated heterocycles. The van der Waals surface area contributed by atoms with Crippen molar-refractivity contribution in [1.29, 1.82) is 0 Å². The summed E-state index contributed by atoms with van der Waals surface area (Å²) < 4.78 is 10.5. The number of carbonyl (C=O) groups is 1. The third-order valence-electron chi connectivity index (χ3n) is 1.56. The summed E-state index contributed by atoms with van der Waals surface area (Å²) in [5, 5.41) is 6.00. The lowest BCUT2D eigenvalue weighted by molar-refractivity contribution is -0.118. The second-order valence-electron chi connectivity index (χ2n) is 2.81. The molecule has 0 fully saturated rings. The Morgan fingerprint density at radius 1 is 1.13 bits per heavy atom. The molecule has 1 amide bonds. The quantitative estimate of drug-likeness (QED) is 0.429. The molecule has 0 aromatic heterocycles. The van der Waals surface area contributed by atoms with Crippen LogP contribution in [-0.2, 0) is 14.3 Å². The van der Waals surface area contributed by atoms with E-state index in [1.807, 2.05) is 7.05 Å². The van der Waals surface area contributed by atoms with Crippen molar-refractivity contribution in [3.05, 3.63) is 0 Å². The van der Waals surface area contributed by atoms with Gasteiger partial charge in [-0.15, -0.1) is 0 Å². The molecule has 0 atom stereocenters. The number of hydrogen-bond acceptors (Lipinski definition) is 4. The Hall–Kier alpha value is -0.170. The molecular weight excluding hydrogens is 264 g/mol. The first kappa shape index (κ1) is 14.8. The van der Waals surface area contributed by atoms with Gasteiger partial charge in [0.2, 0.25) is 5.91 Å². The molecule has 5 nitrogen and oxygen atoms in total. The molecule has 0 aliphatic rings. The van der Waals surface area contributed by atoms with Gasteiger partial charge >= 0.3 is 0 Å². The largest absolute Gasteiger partial charge is 0.378 e. The van der Waals surface area contributed by atoms with E-state index >= 15 is 0 Å². The van der Waals surface area contributed by atoms with Crippen molar-refractivity contribution in [2.45, 2.75) is 0 Å². The average molecular weight is 283 g/mol. The number of ether oxygens (including phenoxy) is 2. The van der Waals surface area contributed by atoms with Crippen molar-refractivity contribution >= 4 is 21.8 Å². The molecular formula is C9H19BrN2O3. The highest BCUT2D eigenvalue weighted by molar-refractivity contribution is 9.09. The van der Waals surface area contributed by atoms with Crippen LogP contribution in [0.1, 0.15) is 0 Å². The van der Waals surface area contributed by atoms with Crippen LogP contribution in [0.5, 0.6) is 0 Å². The molecule has 0 spiro atoms. The number of nitrogens with one attached hydrogen (secondary N) is 2. The highest BCUT2D eigenvalue weighted by Gasteiger charge is 1.95. The maximum Gasteiger partial charge on any atom is 0.230 e. The Balaban J connectivity index is 2.95. The fourth-order valence-electron chi connectivity index (χ4n) is 0.806. The first-order chi connectivity index (χ1) is 7.31. The zero-order chi connectivity index (χ0) is 11.4. The van der Waals surface area contributed by atoms with E-state index in [2.05, 4.69) is 26.6 Å². The molecule has 0 aliphatic heterocycles. The standard InChI is InChI=1S/C9H19BrN2O3/c1-11-2-4-14-6-7-15-5-3-12-9(13)8-10/h11H,2-8H2,1H3,(H,12,13). The lowest BCUT2D eigenvalue weighted by atomic mass is 10.6. The molecule has 0 bridgehead atoms. The first-order valence-corrected chi connectivity index (χ1v) is 6.06. The third kappa shape index (κ3) is 11.8. The summed E-state index contributed by atoms with van der Waals surface area (Å²) in [4.78, 5) is 10.8. The summed E-state index contributed by atoms with van der Waals surface area (Å²) in [7, 11) is 1.88. The van der Waals surface area contributed by atoms with Crippen molar-refractivity contribution in [2.24, 2.45) is 0 Å². The molecule has 0 unspecified atom stereocenters. The van der Waals surface area contributed by atoms with Gasteiger partial charge in [-0.3, -0.25) is 4.79 Å². The minimum absolute atomic E-state index is 0.0242. The van der Waals surface area contributed by atoms with E-state index in [9.17, 15) is 4.79 Å². The van der Waals surface area contributed by atoms with Crippen LogP contribution < -0.4 is 10.6 Å². The van der Waals surface area contributed by atoms with Gasteiger partial charge in [0.15, 0.2) is 0 Å². The summed E-state index contributed by atoms with van der Waals surface area (Å²) in [6, 6.07) is 0. The van der Waals surface area contributed by atoms with E-state index in [-0.39, 0.29) is 5.91 Å². The molecule has 0 aliphatic carbocycles. The molecule has 0 rings (SSSR count). The molecule has 0 radical (unpaired) electrons. The van der Waals surface area contributed by atoms with E-state index in [1.165, 1.54) is 0 Å². The van der Waals surface area contributed by atoms with E-state index in [0.29, 0.717) is 38.3 Å². The Labute approximate surface area is 99.0 Å². The lowest BCUT2D eigenvalue weighted by Gasteiger charge is -2.06. The van der Waals surface area contributed by atoms with Gasteiger partial charge in [0.25, 0.3) is 0 Å². The minimum atomic E-state index is -0.0242. The number of likely N-dealkylation sites (N-methyl/N-ethyl adjacent to an activating group) is 1. The monoisotopic (exact) mass is 282 g/mol.